The maximum absolute atomic E-state index is 6.61. The van der Waals surface area contributed by atoms with E-state index in [4.69, 9.17) is 10.7 Å². The van der Waals surface area contributed by atoms with Crippen LogP contribution >= 0.6 is 0 Å². The van der Waals surface area contributed by atoms with Gasteiger partial charge in [0.1, 0.15) is 5.65 Å². The number of fused-ring (bicyclic) bond motifs is 2. The molecule has 0 atom stereocenters. The summed E-state index contributed by atoms with van der Waals surface area (Å²) in [6.07, 6.45) is 7.08. The first-order valence-electron chi connectivity index (χ1n) is 8.92. The molecule has 3 rings (SSSR count). The number of rotatable bonds is 4. The van der Waals surface area contributed by atoms with Gasteiger partial charge in [0.05, 0.1) is 0 Å². The standard InChI is InChI=1S/C19H30N4/c1-13-14(2)23(12-8-11-22(3)4)19-17(13)18(20)15-9-6-5-7-10-16(15)21-19/h5-12H2,1-4H3,(H2,20,21). The van der Waals surface area contributed by atoms with Crippen molar-refractivity contribution < 1.29 is 0 Å². The molecule has 0 fully saturated rings. The zero-order valence-electron chi connectivity index (χ0n) is 15.1. The van der Waals surface area contributed by atoms with E-state index in [0.717, 1.165) is 43.7 Å². The summed E-state index contributed by atoms with van der Waals surface area (Å²) in [7, 11) is 4.25. The van der Waals surface area contributed by atoms with Gasteiger partial charge < -0.3 is 15.2 Å². The van der Waals surface area contributed by atoms with Crippen LogP contribution in [0.3, 0.4) is 0 Å². The van der Waals surface area contributed by atoms with Crippen LogP contribution in [0, 0.1) is 13.8 Å². The molecule has 0 unspecified atom stereocenters. The topological polar surface area (TPSA) is 47.1 Å². The van der Waals surface area contributed by atoms with Crippen LogP contribution in [-0.2, 0) is 19.4 Å². The van der Waals surface area contributed by atoms with Crippen molar-refractivity contribution in [2.45, 2.75) is 58.9 Å². The third-order valence-electron chi connectivity index (χ3n) is 5.31. The molecule has 0 aromatic carbocycles. The Labute approximate surface area is 139 Å². The third-order valence-corrected chi connectivity index (χ3v) is 5.31. The normalized spacial score (nSPS) is 15.2. The third kappa shape index (κ3) is 2.97. The smallest absolute Gasteiger partial charge is 0.142 e. The summed E-state index contributed by atoms with van der Waals surface area (Å²) >= 11 is 0. The number of aryl methyl sites for hydroxylation is 3. The van der Waals surface area contributed by atoms with E-state index < -0.39 is 0 Å². The van der Waals surface area contributed by atoms with E-state index in [1.165, 1.54) is 47.2 Å². The van der Waals surface area contributed by atoms with E-state index in [1.807, 2.05) is 0 Å². The molecule has 0 saturated carbocycles. The van der Waals surface area contributed by atoms with Gasteiger partial charge in [0.25, 0.3) is 0 Å². The van der Waals surface area contributed by atoms with Crippen LogP contribution in [0.1, 0.15) is 48.2 Å². The Bertz CT molecular complexity index is 712. The van der Waals surface area contributed by atoms with Crippen LogP contribution in [0.4, 0.5) is 5.69 Å². The summed E-state index contributed by atoms with van der Waals surface area (Å²) in [5, 5.41) is 1.20. The first kappa shape index (κ1) is 16.3. The molecule has 23 heavy (non-hydrogen) atoms. The molecular formula is C19H30N4. The molecule has 0 spiro atoms. The lowest BCUT2D eigenvalue weighted by molar-refractivity contribution is 0.387. The van der Waals surface area contributed by atoms with Gasteiger partial charge >= 0.3 is 0 Å². The Hall–Kier alpha value is -1.55. The minimum Gasteiger partial charge on any atom is -0.398 e. The molecule has 2 aromatic heterocycles. The summed E-state index contributed by atoms with van der Waals surface area (Å²) in [6.45, 7) is 6.51. The lowest BCUT2D eigenvalue weighted by Crippen LogP contribution is -2.15. The largest absolute Gasteiger partial charge is 0.398 e. The second-order valence-corrected chi connectivity index (χ2v) is 7.23. The highest BCUT2D eigenvalue weighted by Crippen LogP contribution is 2.35. The molecule has 2 aromatic rings. The first-order chi connectivity index (χ1) is 11.0. The monoisotopic (exact) mass is 314 g/mol. The fourth-order valence-corrected chi connectivity index (χ4v) is 3.86. The summed E-state index contributed by atoms with van der Waals surface area (Å²) < 4.78 is 2.38. The Morgan fingerprint density at radius 3 is 2.61 bits per heavy atom. The SMILES string of the molecule is Cc1c(C)n(CCCN(C)C)c2nc3c(c(N)c12)CCCCC3. The van der Waals surface area contributed by atoms with E-state index >= 15 is 0 Å². The van der Waals surface area contributed by atoms with E-state index in [-0.39, 0.29) is 0 Å². The molecule has 1 aliphatic carbocycles. The van der Waals surface area contributed by atoms with Gasteiger partial charge in [0.15, 0.2) is 0 Å². The zero-order chi connectivity index (χ0) is 16.6. The second-order valence-electron chi connectivity index (χ2n) is 7.23. The molecule has 2 heterocycles. The highest BCUT2D eigenvalue weighted by molar-refractivity contribution is 5.95. The van der Waals surface area contributed by atoms with Crippen molar-refractivity contribution in [1.29, 1.82) is 0 Å². The maximum atomic E-state index is 6.61. The lowest BCUT2D eigenvalue weighted by atomic mass is 10.0. The van der Waals surface area contributed by atoms with Gasteiger partial charge in [-0.05, 0) is 77.7 Å². The summed E-state index contributed by atoms with van der Waals surface area (Å²) in [6, 6.07) is 0. The number of anilines is 1. The number of nitrogens with two attached hydrogens (primary N) is 1. The summed E-state index contributed by atoms with van der Waals surface area (Å²) in [5.41, 5.74) is 13.9. The van der Waals surface area contributed by atoms with Gasteiger partial charge in [-0.15, -0.1) is 0 Å². The molecule has 1 aliphatic rings. The van der Waals surface area contributed by atoms with Crippen molar-refractivity contribution in [2.24, 2.45) is 0 Å². The average molecular weight is 314 g/mol. The number of aromatic nitrogens is 2. The summed E-state index contributed by atoms with van der Waals surface area (Å²) in [4.78, 5) is 7.32. The summed E-state index contributed by atoms with van der Waals surface area (Å²) in [5.74, 6) is 0. The van der Waals surface area contributed by atoms with Crippen molar-refractivity contribution >= 4 is 16.7 Å². The molecule has 4 heteroatoms. The molecule has 2 N–H and O–H groups in total. The molecule has 0 bridgehead atoms. The van der Waals surface area contributed by atoms with Crippen molar-refractivity contribution in [3.63, 3.8) is 0 Å². The zero-order valence-corrected chi connectivity index (χ0v) is 15.1. The second kappa shape index (κ2) is 6.52. The number of hydrogen-bond acceptors (Lipinski definition) is 3. The fourth-order valence-electron chi connectivity index (χ4n) is 3.86. The van der Waals surface area contributed by atoms with E-state index in [9.17, 15) is 0 Å². The number of hydrogen-bond donors (Lipinski definition) is 1. The fraction of sp³-hybridized carbons (Fsp3) is 0.632. The van der Waals surface area contributed by atoms with Crippen molar-refractivity contribution in [3.05, 3.63) is 22.5 Å². The maximum Gasteiger partial charge on any atom is 0.142 e. The quantitative estimate of drug-likeness (QED) is 0.879. The lowest BCUT2D eigenvalue weighted by Gasteiger charge is -2.14. The van der Waals surface area contributed by atoms with E-state index in [0.29, 0.717) is 0 Å². The molecular weight excluding hydrogens is 284 g/mol. The van der Waals surface area contributed by atoms with E-state index in [2.05, 4.69) is 37.4 Å². The van der Waals surface area contributed by atoms with Crippen molar-refractivity contribution in [3.8, 4) is 0 Å². The molecule has 0 amide bonds. The van der Waals surface area contributed by atoms with Gasteiger partial charge in [-0.3, -0.25) is 0 Å². The average Bonchev–Trinajstić information content (AvgIpc) is 2.69. The Balaban J connectivity index is 2.09. The van der Waals surface area contributed by atoms with Crippen LogP contribution in [0.2, 0.25) is 0 Å². The molecule has 126 valence electrons. The predicted molar refractivity (Wildman–Crippen MR) is 98.0 cm³/mol. The minimum absolute atomic E-state index is 0.999. The van der Waals surface area contributed by atoms with Gasteiger partial charge in [0, 0.05) is 29.0 Å². The Kier molecular flexibility index (Phi) is 4.62. The van der Waals surface area contributed by atoms with Crippen molar-refractivity contribution in [1.82, 2.24) is 14.5 Å². The van der Waals surface area contributed by atoms with Crippen LogP contribution < -0.4 is 5.73 Å². The van der Waals surface area contributed by atoms with Gasteiger partial charge in [-0.2, -0.15) is 0 Å². The highest BCUT2D eigenvalue weighted by Gasteiger charge is 2.21. The van der Waals surface area contributed by atoms with Crippen LogP contribution in [0.15, 0.2) is 0 Å². The first-order valence-corrected chi connectivity index (χ1v) is 8.92. The van der Waals surface area contributed by atoms with E-state index in [1.54, 1.807) is 0 Å². The molecule has 0 saturated heterocycles. The Morgan fingerprint density at radius 1 is 1.13 bits per heavy atom. The molecule has 0 radical (unpaired) electrons. The number of nitrogens with zero attached hydrogens (tertiary/aromatic N) is 3. The molecule has 0 aliphatic heterocycles. The number of pyridine rings is 1. The van der Waals surface area contributed by atoms with Crippen LogP contribution in [-0.4, -0.2) is 35.1 Å². The van der Waals surface area contributed by atoms with Crippen LogP contribution in [0.25, 0.3) is 11.0 Å². The predicted octanol–water partition coefficient (Wildman–Crippen LogP) is 3.46. The van der Waals surface area contributed by atoms with Gasteiger partial charge in [-0.25, -0.2) is 4.98 Å². The van der Waals surface area contributed by atoms with Crippen molar-refractivity contribution in [2.75, 3.05) is 26.4 Å². The molecule has 4 nitrogen and oxygen atoms in total. The van der Waals surface area contributed by atoms with Gasteiger partial charge in [-0.1, -0.05) is 6.42 Å². The van der Waals surface area contributed by atoms with Crippen LogP contribution in [0.5, 0.6) is 0 Å². The highest BCUT2D eigenvalue weighted by atomic mass is 15.1. The number of nitrogen functional groups attached to an aromatic ring is 1. The minimum atomic E-state index is 0.999. The van der Waals surface area contributed by atoms with Gasteiger partial charge in [0.2, 0.25) is 0 Å². The Morgan fingerprint density at radius 2 is 1.87 bits per heavy atom.